The van der Waals surface area contributed by atoms with Crippen LogP contribution >= 0.6 is 0 Å². The maximum absolute atomic E-state index is 4.43. The lowest BCUT2D eigenvalue weighted by Crippen LogP contribution is -1.91. The van der Waals surface area contributed by atoms with E-state index in [0.29, 0.717) is 0 Å². The molecule has 1 heteroatoms. The lowest BCUT2D eigenvalue weighted by molar-refractivity contribution is 1.21. The van der Waals surface area contributed by atoms with Gasteiger partial charge in [0.2, 0.25) is 0 Å². The van der Waals surface area contributed by atoms with Crippen molar-refractivity contribution in [2.24, 2.45) is 4.99 Å². The van der Waals surface area contributed by atoms with Crippen molar-refractivity contribution in [3.63, 3.8) is 0 Å². The van der Waals surface area contributed by atoms with Crippen LogP contribution in [0.15, 0.2) is 65.4 Å². The summed E-state index contributed by atoms with van der Waals surface area (Å²) in [6, 6.07) is 0. The minimum atomic E-state index is 0.870. The molecule has 0 spiro atoms. The molecule has 1 nitrogen and oxygen atoms in total. The van der Waals surface area contributed by atoms with Gasteiger partial charge < -0.3 is 0 Å². The average Bonchev–Trinajstić information content (AvgIpc) is 2.32. The highest BCUT2D eigenvalue weighted by Gasteiger charge is 1.98. The summed E-state index contributed by atoms with van der Waals surface area (Å²) in [6.07, 6.45) is 10.8. The van der Waals surface area contributed by atoms with Crippen LogP contribution in [-0.2, 0) is 0 Å². The Morgan fingerprint density at radius 2 is 1.88 bits per heavy atom. The third kappa shape index (κ3) is 5.86. The van der Waals surface area contributed by atoms with Crippen molar-refractivity contribution >= 4 is 5.71 Å². The molecule has 0 saturated carbocycles. The number of nitrogens with zero attached hydrogens (tertiary/aromatic N) is 1. The van der Waals surface area contributed by atoms with Gasteiger partial charge >= 0.3 is 0 Å². The second-order valence-electron chi connectivity index (χ2n) is 3.87. The summed E-state index contributed by atoms with van der Waals surface area (Å²) >= 11 is 0. The highest BCUT2D eigenvalue weighted by Crippen LogP contribution is 2.16. The summed E-state index contributed by atoms with van der Waals surface area (Å²) in [6.45, 7) is 15.7. The predicted molar refractivity (Wildman–Crippen MR) is 79.4 cm³/mol. The summed E-state index contributed by atoms with van der Waals surface area (Å²) in [5.74, 6) is 0. The first-order chi connectivity index (χ1) is 8.06. The van der Waals surface area contributed by atoms with Crippen molar-refractivity contribution in [2.75, 3.05) is 0 Å². The fourth-order valence-electron chi connectivity index (χ4n) is 1.21. The second kappa shape index (κ2) is 8.51. The largest absolute Gasteiger partial charge is 0.261 e. The Balaban J connectivity index is 5.17. The van der Waals surface area contributed by atoms with Crippen LogP contribution in [-0.4, -0.2) is 5.71 Å². The molecule has 0 aliphatic carbocycles. The van der Waals surface area contributed by atoms with Gasteiger partial charge in [0.15, 0.2) is 0 Å². The fraction of sp³-hybridized carbons (Fsp3) is 0.312. The third-order valence-corrected chi connectivity index (χ3v) is 2.51. The van der Waals surface area contributed by atoms with Crippen molar-refractivity contribution in [1.82, 2.24) is 0 Å². The zero-order valence-electron chi connectivity index (χ0n) is 11.5. The van der Waals surface area contributed by atoms with Crippen molar-refractivity contribution in [3.8, 4) is 0 Å². The Kier molecular flexibility index (Phi) is 7.70. The van der Waals surface area contributed by atoms with Crippen molar-refractivity contribution in [1.29, 1.82) is 0 Å². The Bertz CT molecular complexity index is 390. The molecule has 0 aromatic carbocycles. The van der Waals surface area contributed by atoms with E-state index < -0.39 is 0 Å². The Labute approximate surface area is 106 Å². The standard InChI is InChI=1S/C16H23N/c1-7-10-11-16(15(8-2)9-3)12-17-14(6)13(4)5/h7-10,12H,2,4,11H2,1,3,5-6H3/b10-7-,15-9+,16-12+,17-14?. The molecule has 17 heavy (non-hydrogen) atoms. The van der Waals surface area contributed by atoms with Gasteiger partial charge in [0, 0.05) is 11.9 Å². The van der Waals surface area contributed by atoms with Gasteiger partial charge in [0.1, 0.15) is 0 Å². The SMILES string of the molecule is C=CC(=C\C)/C(=C/N=C(C)C(=C)C)C/C=C\C. The van der Waals surface area contributed by atoms with Gasteiger partial charge in [-0.05, 0) is 50.8 Å². The van der Waals surface area contributed by atoms with Crippen LogP contribution in [0, 0.1) is 0 Å². The van der Waals surface area contributed by atoms with E-state index in [1.165, 1.54) is 5.57 Å². The van der Waals surface area contributed by atoms with Crippen LogP contribution in [0.2, 0.25) is 0 Å². The predicted octanol–water partition coefficient (Wildman–Crippen LogP) is 5.01. The first-order valence-electron chi connectivity index (χ1n) is 5.86. The highest BCUT2D eigenvalue weighted by atomic mass is 14.7. The molecule has 0 aromatic rings. The van der Waals surface area contributed by atoms with Gasteiger partial charge in [-0.2, -0.15) is 0 Å². The molecule has 0 unspecified atom stereocenters. The van der Waals surface area contributed by atoms with Gasteiger partial charge in [-0.1, -0.05) is 37.5 Å². The van der Waals surface area contributed by atoms with E-state index in [1.54, 1.807) is 0 Å². The molecule has 0 heterocycles. The summed E-state index contributed by atoms with van der Waals surface area (Å²) in [7, 11) is 0. The molecule has 0 aliphatic heterocycles. The van der Waals surface area contributed by atoms with Crippen LogP contribution in [0.1, 0.15) is 34.1 Å². The number of aliphatic imine (C=N–C) groups is 1. The van der Waals surface area contributed by atoms with E-state index >= 15 is 0 Å². The number of hydrogen-bond donors (Lipinski definition) is 0. The molecule has 0 radical (unpaired) electrons. The lowest BCUT2D eigenvalue weighted by atomic mass is 10.0. The smallest absolute Gasteiger partial charge is 0.0395 e. The van der Waals surface area contributed by atoms with Crippen LogP contribution in [0.5, 0.6) is 0 Å². The van der Waals surface area contributed by atoms with E-state index in [0.717, 1.165) is 23.3 Å². The second-order valence-corrected chi connectivity index (χ2v) is 3.87. The van der Waals surface area contributed by atoms with Crippen molar-refractivity contribution in [2.45, 2.75) is 34.1 Å². The van der Waals surface area contributed by atoms with Gasteiger partial charge in [-0.15, -0.1) is 0 Å². The van der Waals surface area contributed by atoms with Gasteiger partial charge in [-0.3, -0.25) is 4.99 Å². The molecule has 0 aromatic heterocycles. The zero-order valence-corrected chi connectivity index (χ0v) is 11.5. The molecule has 92 valence electrons. The number of rotatable bonds is 6. The van der Waals surface area contributed by atoms with E-state index in [4.69, 9.17) is 0 Å². The van der Waals surface area contributed by atoms with Crippen LogP contribution < -0.4 is 0 Å². The van der Waals surface area contributed by atoms with Crippen molar-refractivity contribution in [3.05, 3.63) is 60.4 Å². The Morgan fingerprint density at radius 3 is 2.29 bits per heavy atom. The Hall–Kier alpha value is -1.63. The number of hydrogen-bond acceptors (Lipinski definition) is 1. The lowest BCUT2D eigenvalue weighted by Gasteiger charge is -2.04. The van der Waals surface area contributed by atoms with Crippen LogP contribution in [0.4, 0.5) is 0 Å². The summed E-state index contributed by atoms with van der Waals surface area (Å²) in [5.41, 5.74) is 4.25. The van der Waals surface area contributed by atoms with E-state index in [2.05, 4.69) is 24.2 Å². The highest BCUT2D eigenvalue weighted by molar-refractivity contribution is 5.97. The molecule has 0 atom stereocenters. The number of allylic oxidation sites excluding steroid dienone is 7. The molecule has 0 bridgehead atoms. The minimum Gasteiger partial charge on any atom is -0.261 e. The van der Waals surface area contributed by atoms with Gasteiger partial charge in [0.05, 0.1) is 0 Å². The molecule has 0 aliphatic rings. The molecular weight excluding hydrogens is 206 g/mol. The van der Waals surface area contributed by atoms with E-state index in [9.17, 15) is 0 Å². The molecule has 0 N–H and O–H groups in total. The fourth-order valence-corrected chi connectivity index (χ4v) is 1.21. The molecule has 0 rings (SSSR count). The molecule has 0 fully saturated rings. The van der Waals surface area contributed by atoms with Crippen LogP contribution in [0.3, 0.4) is 0 Å². The molecule has 0 saturated heterocycles. The maximum atomic E-state index is 4.43. The third-order valence-electron chi connectivity index (χ3n) is 2.51. The monoisotopic (exact) mass is 229 g/mol. The molecule has 0 amide bonds. The zero-order chi connectivity index (χ0) is 13.3. The summed E-state index contributed by atoms with van der Waals surface area (Å²) in [4.78, 5) is 4.43. The topological polar surface area (TPSA) is 12.4 Å². The van der Waals surface area contributed by atoms with Crippen molar-refractivity contribution < 1.29 is 0 Å². The normalized spacial score (nSPS) is 14.2. The van der Waals surface area contributed by atoms with Gasteiger partial charge in [0.25, 0.3) is 0 Å². The Morgan fingerprint density at radius 1 is 1.24 bits per heavy atom. The van der Waals surface area contributed by atoms with Crippen LogP contribution in [0.25, 0.3) is 0 Å². The van der Waals surface area contributed by atoms with E-state index in [-0.39, 0.29) is 0 Å². The molecular formula is C16H23N. The van der Waals surface area contributed by atoms with Gasteiger partial charge in [-0.25, -0.2) is 0 Å². The summed E-state index contributed by atoms with van der Waals surface area (Å²) in [5, 5.41) is 0. The first kappa shape index (κ1) is 15.4. The van der Waals surface area contributed by atoms with E-state index in [1.807, 2.05) is 52.1 Å². The average molecular weight is 229 g/mol. The maximum Gasteiger partial charge on any atom is 0.0395 e. The minimum absolute atomic E-state index is 0.870. The quantitative estimate of drug-likeness (QED) is 0.345. The summed E-state index contributed by atoms with van der Waals surface area (Å²) < 4.78 is 0. The first-order valence-corrected chi connectivity index (χ1v) is 5.86.